The number of phenols is 1. The molecule has 2 aromatic heterocycles. The Labute approximate surface area is 204 Å². The standard InChI is InChI=1S/C23H20BrF2N3O4S/c1-3-33-23(31)21-19(11-34(32)13-4-5-16(25)17(26)8-13)28(2)18-9-15(24)22(30)14(20(18)21)10-29-7-6-27-12-29/h4-9,12,30H,3,10-11H2,1-2H3. The number of halogens is 3. The number of ether oxygens (including phenoxy) is 1. The summed E-state index contributed by atoms with van der Waals surface area (Å²) in [6.45, 7) is 1.99. The van der Waals surface area contributed by atoms with E-state index in [1.807, 2.05) is 0 Å². The van der Waals surface area contributed by atoms with Gasteiger partial charge in [-0.1, -0.05) is 0 Å². The molecule has 2 heterocycles. The molecule has 0 aliphatic carbocycles. The van der Waals surface area contributed by atoms with Gasteiger partial charge >= 0.3 is 5.97 Å². The summed E-state index contributed by atoms with van der Waals surface area (Å²) in [4.78, 5) is 17.2. The van der Waals surface area contributed by atoms with E-state index >= 15 is 0 Å². The van der Waals surface area contributed by atoms with Crippen molar-refractivity contribution < 1.29 is 27.6 Å². The molecule has 1 N–H and O–H groups in total. The van der Waals surface area contributed by atoms with Crippen LogP contribution in [0.3, 0.4) is 0 Å². The highest BCUT2D eigenvalue weighted by Gasteiger charge is 2.28. The van der Waals surface area contributed by atoms with Crippen molar-refractivity contribution in [3.8, 4) is 5.75 Å². The number of esters is 1. The van der Waals surface area contributed by atoms with E-state index in [1.54, 1.807) is 47.9 Å². The van der Waals surface area contributed by atoms with Crippen LogP contribution in [0.5, 0.6) is 5.75 Å². The normalized spacial score (nSPS) is 12.3. The third kappa shape index (κ3) is 4.37. The lowest BCUT2D eigenvalue weighted by molar-refractivity contribution is 0.0527. The van der Waals surface area contributed by atoms with E-state index < -0.39 is 28.4 Å². The molecule has 34 heavy (non-hydrogen) atoms. The zero-order chi connectivity index (χ0) is 24.6. The zero-order valence-electron chi connectivity index (χ0n) is 18.2. The molecule has 0 saturated heterocycles. The van der Waals surface area contributed by atoms with Crippen LogP contribution in [0.2, 0.25) is 0 Å². The van der Waals surface area contributed by atoms with Gasteiger partial charge in [0.05, 0.1) is 51.6 Å². The van der Waals surface area contributed by atoms with E-state index in [0.717, 1.165) is 12.1 Å². The van der Waals surface area contributed by atoms with Crippen LogP contribution in [0, 0.1) is 11.6 Å². The van der Waals surface area contributed by atoms with Gasteiger partial charge in [0.2, 0.25) is 0 Å². The first-order valence-corrected chi connectivity index (χ1v) is 12.3. The van der Waals surface area contributed by atoms with Crippen LogP contribution >= 0.6 is 15.9 Å². The van der Waals surface area contributed by atoms with Crippen LogP contribution in [0.1, 0.15) is 28.5 Å². The number of fused-ring (bicyclic) bond motifs is 1. The summed E-state index contributed by atoms with van der Waals surface area (Å²) in [7, 11) is -0.0925. The Balaban J connectivity index is 1.93. The van der Waals surface area contributed by atoms with Crippen LogP contribution in [0.15, 0.2) is 52.4 Å². The number of carbonyl (C=O) groups is 1. The van der Waals surface area contributed by atoms with Gasteiger partial charge in [0.25, 0.3) is 0 Å². The first kappa shape index (κ1) is 24.1. The lowest BCUT2D eigenvalue weighted by Gasteiger charge is -2.11. The summed E-state index contributed by atoms with van der Waals surface area (Å²) in [6, 6.07) is 4.70. The number of hydrogen-bond donors (Lipinski definition) is 1. The van der Waals surface area contributed by atoms with Gasteiger partial charge in [-0.05, 0) is 47.1 Å². The number of carbonyl (C=O) groups excluding carboxylic acids is 1. The van der Waals surface area contributed by atoms with Crippen LogP contribution in [0.25, 0.3) is 10.9 Å². The van der Waals surface area contributed by atoms with Crippen molar-refractivity contribution in [1.29, 1.82) is 0 Å². The minimum atomic E-state index is -1.79. The fourth-order valence-corrected chi connectivity index (χ4v) is 5.48. The van der Waals surface area contributed by atoms with Crippen LogP contribution in [0.4, 0.5) is 8.78 Å². The maximum Gasteiger partial charge on any atom is 0.340 e. The number of phenolic OH excluding ortho intramolecular Hbond substituents is 1. The number of hydrogen-bond acceptors (Lipinski definition) is 5. The van der Waals surface area contributed by atoms with E-state index in [1.165, 1.54) is 6.07 Å². The first-order valence-electron chi connectivity index (χ1n) is 10.2. The largest absolute Gasteiger partial charge is 0.506 e. The maximum atomic E-state index is 13.7. The summed E-state index contributed by atoms with van der Waals surface area (Å²) in [5, 5.41) is 11.3. The molecule has 0 bridgehead atoms. The van der Waals surface area contributed by atoms with Crippen molar-refractivity contribution >= 4 is 43.6 Å². The Bertz CT molecular complexity index is 1420. The minimum absolute atomic E-state index is 0.0503. The molecule has 0 spiro atoms. The molecule has 7 nitrogen and oxygen atoms in total. The predicted molar refractivity (Wildman–Crippen MR) is 126 cm³/mol. The van der Waals surface area contributed by atoms with Crippen molar-refractivity contribution in [2.24, 2.45) is 7.05 Å². The summed E-state index contributed by atoms with van der Waals surface area (Å²) < 4.78 is 49.3. The second-order valence-electron chi connectivity index (χ2n) is 7.48. The van der Waals surface area contributed by atoms with Gasteiger partial charge in [0.15, 0.2) is 11.6 Å². The van der Waals surface area contributed by atoms with Crippen LogP contribution < -0.4 is 0 Å². The smallest absolute Gasteiger partial charge is 0.340 e. The highest BCUT2D eigenvalue weighted by atomic mass is 79.9. The van der Waals surface area contributed by atoms with Gasteiger partial charge in [-0.3, -0.25) is 4.21 Å². The molecule has 0 fully saturated rings. The molecule has 1 atom stereocenters. The topological polar surface area (TPSA) is 86.4 Å². The summed E-state index contributed by atoms with van der Waals surface area (Å²) in [5.74, 6) is -3.00. The Morgan fingerprint density at radius 2 is 2.03 bits per heavy atom. The maximum absolute atomic E-state index is 13.7. The average Bonchev–Trinajstić information content (AvgIpc) is 3.40. The Morgan fingerprint density at radius 1 is 1.26 bits per heavy atom. The average molecular weight is 552 g/mol. The van der Waals surface area contributed by atoms with Crippen molar-refractivity contribution in [2.75, 3.05) is 6.61 Å². The summed E-state index contributed by atoms with van der Waals surface area (Å²) in [6.07, 6.45) is 4.90. The molecule has 4 rings (SSSR count). The van der Waals surface area contributed by atoms with E-state index in [4.69, 9.17) is 4.74 Å². The quantitative estimate of drug-likeness (QED) is 0.338. The van der Waals surface area contributed by atoms with Crippen molar-refractivity contribution in [1.82, 2.24) is 14.1 Å². The van der Waals surface area contributed by atoms with E-state index in [2.05, 4.69) is 20.9 Å². The second-order valence-corrected chi connectivity index (χ2v) is 9.79. The van der Waals surface area contributed by atoms with Gasteiger partial charge in [0.1, 0.15) is 5.75 Å². The van der Waals surface area contributed by atoms with E-state index in [0.29, 0.717) is 26.6 Å². The number of nitrogens with zero attached hydrogens (tertiary/aromatic N) is 3. The number of rotatable bonds is 7. The molecule has 11 heteroatoms. The second kappa shape index (κ2) is 9.67. The monoisotopic (exact) mass is 551 g/mol. The minimum Gasteiger partial charge on any atom is -0.506 e. The third-order valence-corrected chi connectivity index (χ3v) is 7.36. The first-order chi connectivity index (χ1) is 16.2. The predicted octanol–water partition coefficient (Wildman–Crippen LogP) is 4.65. The fourth-order valence-electron chi connectivity index (χ4n) is 3.81. The molecule has 0 radical (unpaired) electrons. The Kier molecular flexibility index (Phi) is 6.85. The lowest BCUT2D eigenvalue weighted by Crippen LogP contribution is -2.11. The molecular weight excluding hydrogens is 532 g/mol. The van der Waals surface area contributed by atoms with Gasteiger partial charge < -0.3 is 19.0 Å². The Morgan fingerprint density at radius 3 is 2.68 bits per heavy atom. The number of aryl methyl sites for hydroxylation is 1. The lowest BCUT2D eigenvalue weighted by atomic mass is 10.0. The number of benzene rings is 2. The van der Waals surface area contributed by atoms with Gasteiger partial charge in [-0.25, -0.2) is 18.6 Å². The van der Waals surface area contributed by atoms with Gasteiger partial charge in [-0.2, -0.15) is 0 Å². The van der Waals surface area contributed by atoms with Crippen molar-refractivity contribution in [3.05, 3.63) is 75.9 Å². The van der Waals surface area contributed by atoms with Gasteiger partial charge in [0, 0.05) is 41.0 Å². The molecule has 0 aliphatic heterocycles. The van der Waals surface area contributed by atoms with Crippen LogP contribution in [-0.2, 0) is 34.9 Å². The molecule has 0 saturated carbocycles. The molecule has 1 unspecified atom stereocenters. The highest BCUT2D eigenvalue weighted by molar-refractivity contribution is 9.10. The van der Waals surface area contributed by atoms with Crippen molar-refractivity contribution in [2.45, 2.75) is 24.1 Å². The van der Waals surface area contributed by atoms with Crippen molar-refractivity contribution in [3.63, 3.8) is 0 Å². The Hall–Kier alpha value is -3.05. The summed E-state index contributed by atoms with van der Waals surface area (Å²) >= 11 is 3.37. The SMILES string of the molecule is CCOC(=O)c1c(CS(=O)c2ccc(F)c(F)c2)n(C)c2cc(Br)c(O)c(Cn3ccnc3)c12. The third-order valence-electron chi connectivity index (χ3n) is 5.44. The number of aromatic nitrogens is 3. The molecule has 0 aliphatic rings. The number of aromatic hydroxyl groups is 1. The van der Waals surface area contributed by atoms with E-state index in [9.17, 15) is 22.9 Å². The number of imidazole rings is 1. The highest BCUT2D eigenvalue weighted by Crippen LogP contribution is 2.40. The molecule has 0 amide bonds. The fraction of sp³-hybridized carbons (Fsp3) is 0.217. The van der Waals surface area contributed by atoms with Crippen LogP contribution in [-0.4, -0.2) is 36.0 Å². The molecular formula is C23H20BrF2N3O4S. The molecule has 4 aromatic rings. The van der Waals surface area contributed by atoms with Gasteiger partial charge in [-0.15, -0.1) is 0 Å². The summed E-state index contributed by atoms with van der Waals surface area (Å²) in [5.41, 5.74) is 1.58. The van der Waals surface area contributed by atoms with E-state index in [-0.39, 0.29) is 35.1 Å². The molecule has 2 aromatic carbocycles. The molecule has 178 valence electrons. The zero-order valence-corrected chi connectivity index (χ0v) is 20.6.